The van der Waals surface area contributed by atoms with E-state index in [4.69, 9.17) is 0 Å². The summed E-state index contributed by atoms with van der Waals surface area (Å²) in [6.07, 6.45) is 8.30. The van der Waals surface area contributed by atoms with E-state index in [1.54, 1.807) is 0 Å². The number of nitrogens with zero attached hydrogens (tertiary/aromatic N) is 3. The van der Waals surface area contributed by atoms with E-state index >= 15 is 0 Å². The molecular formula is C15H28N4. The second kappa shape index (κ2) is 7.06. The molecule has 0 aliphatic heterocycles. The molecule has 4 heteroatoms. The van der Waals surface area contributed by atoms with E-state index in [0.717, 1.165) is 31.6 Å². The van der Waals surface area contributed by atoms with Crippen LogP contribution in [0.3, 0.4) is 0 Å². The van der Waals surface area contributed by atoms with Crippen LogP contribution in [0.1, 0.15) is 38.3 Å². The maximum Gasteiger partial charge on any atom is 0.0492 e. The van der Waals surface area contributed by atoms with Crippen LogP contribution in [0.15, 0.2) is 12.3 Å². The molecule has 1 N–H and O–H groups in total. The number of nitrogens with one attached hydrogen (secondary N) is 1. The molecule has 0 atom stereocenters. The van der Waals surface area contributed by atoms with Crippen LogP contribution < -0.4 is 5.32 Å². The van der Waals surface area contributed by atoms with Crippen molar-refractivity contribution in [3.8, 4) is 0 Å². The summed E-state index contributed by atoms with van der Waals surface area (Å²) in [5.41, 5.74) is 1.33. The Bertz CT molecular complexity index is 366. The Hall–Kier alpha value is -0.870. The van der Waals surface area contributed by atoms with Gasteiger partial charge in [-0.05, 0) is 45.3 Å². The minimum atomic E-state index is 0.756. The molecule has 0 unspecified atom stereocenters. The maximum absolute atomic E-state index is 4.23. The fraction of sp³-hybridized carbons (Fsp3) is 0.800. The monoisotopic (exact) mass is 264 g/mol. The van der Waals surface area contributed by atoms with Crippen LogP contribution in [0, 0.1) is 0 Å². The Morgan fingerprint density at radius 1 is 1.37 bits per heavy atom. The molecule has 108 valence electrons. The standard InChI is InChI=1S/C15H28N4/c1-4-16-13-5-7-14(8-6-13)18(2)12-10-15-9-11-17-19(15)3/h9,11,13-14,16H,4-8,10,12H2,1-3H3. The van der Waals surface area contributed by atoms with E-state index in [-0.39, 0.29) is 0 Å². The molecule has 19 heavy (non-hydrogen) atoms. The molecule has 1 aliphatic carbocycles. The Morgan fingerprint density at radius 3 is 2.68 bits per heavy atom. The van der Waals surface area contributed by atoms with Crippen molar-refractivity contribution in [1.82, 2.24) is 20.0 Å². The predicted molar refractivity (Wildman–Crippen MR) is 79.3 cm³/mol. The lowest BCUT2D eigenvalue weighted by molar-refractivity contribution is 0.176. The molecule has 1 fully saturated rings. The Balaban J connectivity index is 1.72. The second-order valence-corrected chi connectivity index (χ2v) is 5.74. The molecule has 0 amide bonds. The van der Waals surface area contributed by atoms with E-state index in [2.05, 4.69) is 35.4 Å². The van der Waals surface area contributed by atoms with Crippen molar-refractivity contribution < 1.29 is 0 Å². The lowest BCUT2D eigenvalue weighted by Gasteiger charge is -2.35. The molecule has 0 saturated heterocycles. The number of aromatic nitrogens is 2. The van der Waals surface area contributed by atoms with Gasteiger partial charge in [-0.2, -0.15) is 5.10 Å². The first kappa shape index (κ1) is 14.5. The zero-order valence-electron chi connectivity index (χ0n) is 12.6. The fourth-order valence-electron chi connectivity index (χ4n) is 3.13. The van der Waals surface area contributed by atoms with E-state index < -0.39 is 0 Å². The summed E-state index contributed by atoms with van der Waals surface area (Å²) in [6, 6.07) is 3.64. The summed E-state index contributed by atoms with van der Waals surface area (Å²) in [7, 11) is 4.30. The summed E-state index contributed by atoms with van der Waals surface area (Å²) in [4.78, 5) is 2.54. The van der Waals surface area contributed by atoms with Crippen LogP contribution in [-0.4, -0.2) is 46.9 Å². The molecule has 0 aromatic carbocycles. The van der Waals surface area contributed by atoms with Gasteiger partial charge in [0.05, 0.1) is 0 Å². The molecule has 1 aliphatic rings. The van der Waals surface area contributed by atoms with E-state index in [1.165, 1.54) is 31.4 Å². The first-order valence-corrected chi connectivity index (χ1v) is 7.61. The van der Waals surface area contributed by atoms with Crippen LogP contribution in [0.5, 0.6) is 0 Å². The van der Waals surface area contributed by atoms with Crippen molar-refractivity contribution >= 4 is 0 Å². The third-order valence-electron chi connectivity index (χ3n) is 4.46. The zero-order chi connectivity index (χ0) is 13.7. The van der Waals surface area contributed by atoms with Gasteiger partial charge < -0.3 is 10.2 Å². The first-order chi connectivity index (χ1) is 9.20. The van der Waals surface area contributed by atoms with E-state index in [9.17, 15) is 0 Å². The highest BCUT2D eigenvalue weighted by molar-refractivity contribution is 5.00. The molecule has 1 heterocycles. The van der Waals surface area contributed by atoms with Crippen molar-refractivity contribution in [2.24, 2.45) is 7.05 Å². The highest BCUT2D eigenvalue weighted by Gasteiger charge is 2.23. The molecule has 1 aromatic rings. The average molecular weight is 264 g/mol. The smallest absolute Gasteiger partial charge is 0.0492 e. The summed E-state index contributed by atoms with van der Waals surface area (Å²) in [5, 5.41) is 7.80. The van der Waals surface area contributed by atoms with Gasteiger partial charge in [-0.3, -0.25) is 4.68 Å². The number of hydrogen-bond donors (Lipinski definition) is 1. The minimum Gasteiger partial charge on any atom is -0.314 e. The Labute approximate surface area is 117 Å². The molecule has 1 aromatic heterocycles. The molecule has 1 saturated carbocycles. The van der Waals surface area contributed by atoms with Gasteiger partial charge in [0.1, 0.15) is 0 Å². The van der Waals surface area contributed by atoms with Crippen LogP contribution >= 0.6 is 0 Å². The van der Waals surface area contributed by atoms with Gasteiger partial charge in [0, 0.05) is 44.0 Å². The lowest BCUT2D eigenvalue weighted by atomic mass is 9.90. The normalized spacial score (nSPS) is 24.0. The van der Waals surface area contributed by atoms with Gasteiger partial charge >= 0.3 is 0 Å². The largest absolute Gasteiger partial charge is 0.314 e. The SMILES string of the molecule is CCNC1CCC(N(C)CCc2ccnn2C)CC1. The highest BCUT2D eigenvalue weighted by atomic mass is 15.3. The van der Waals surface area contributed by atoms with Gasteiger partial charge in [0.15, 0.2) is 0 Å². The van der Waals surface area contributed by atoms with Gasteiger partial charge in [-0.1, -0.05) is 6.92 Å². The Morgan fingerprint density at radius 2 is 2.11 bits per heavy atom. The molecule has 4 nitrogen and oxygen atoms in total. The van der Waals surface area contributed by atoms with Crippen molar-refractivity contribution in [3.63, 3.8) is 0 Å². The van der Waals surface area contributed by atoms with Gasteiger partial charge in [-0.15, -0.1) is 0 Å². The van der Waals surface area contributed by atoms with Crippen molar-refractivity contribution in [2.45, 2.75) is 51.1 Å². The van der Waals surface area contributed by atoms with Crippen LogP contribution in [-0.2, 0) is 13.5 Å². The van der Waals surface area contributed by atoms with Crippen molar-refractivity contribution in [3.05, 3.63) is 18.0 Å². The zero-order valence-corrected chi connectivity index (χ0v) is 12.6. The van der Waals surface area contributed by atoms with E-state index in [0.29, 0.717) is 0 Å². The van der Waals surface area contributed by atoms with Gasteiger partial charge in [0.25, 0.3) is 0 Å². The second-order valence-electron chi connectivity index (χ2n) is 5.74. The number of aryl methyl sites for hydroxylation is 1. The third-order valence-corrected chi connectivity index (χ3v) is 4.46. The maximum atomic E-state index is 4.23. The quantitative estimate of drug-likeness (QED) is 0.851. The molecule has 2 rings (SSSR count). The lowest BCUT2D eigenvalue weighted by Crippen LogP contribution is -2.41. The third kappa shape index (κ3) is 4.05. The summed E-state index contributed by atoms with van der Waals surface area (Å²) in [5.74, 6) is 0. The molecular weight excluding hydrogens is 236 g/mol. The van der Waals surface area contributed by atoms with Crippen LogP contribution in [0.25, 0.3) is 0 Å². The summed E-state index contributed by atoms with van der Waals surface area (Å²) >= 11 is 0. The molecule has 0 bridgehead atoms. The number of rotatable bonds is 6. The summed E-state index contributed by atoms with van der Waals surface area (Å²) in [6.45, 7) is 4.44. The van der Waals surface area contributed by atoms with E-state index in [1.807, 2.05) is 17.9 Å². The van der Waals surface area contributed by atoms with Crippen molar-refractivity contribution in [2.75, 3.05) is 20.1 Å². The number of hydrogen-bond acceptors (Lipinski definition) is 3. The van der Waals surface area contributed by atoms with Crippen LogP contribution in [0.4, 0.5) is 0 Å². The highest BCUT2D eigenvalue weighted by Crippen LogP contribution is 2.22. The summed E-state index contributed by atoms with van der Waals surface area (Å²) < 4.78 is 1.98. The van der Waals surface area contributed by atoms with Gasteiger partial charge in [0.2, 0.25) is 0 Å². The first-order valence-electron chi connectivity index (χ1n) is 7.61. The van der Waals surface area contributed by atoms with Gasteiger partial charge in [-0.25, -0.2) is 0 Å². The minimum absolute atomic E-state index is 0.756. The average Bonchev–Trinajstić information content (AvgIpc) is 2.83. The molecule has 0 spiro atoms. The molecule has 0 radical (unpaired) electrons. The van der Waals surface area contributed by atoms with Crippen molar-refractivity contribution in [1.29, 1.82) is 0 Å². The van der Waals surface area contributed by atoms with Crippen LogP contribution in [0.2, 0.25) is 0 Å². The topological polar surface area (TPSA) is 33.1 Å². The Kier molecular flexibility index (Phi) is 5.40. The number of likely N-dealkylation sites (N-methyl/N-ethyl adjacent to an activating group) is 1. The predicted octanol–water partition coefficient (Wildman–Crippen LogP) is 1.82. The fourth-order valence-corrected chi connectivity index (χ4v) is 3.13.